The lowest BCUT2D eigenvalue weighted by Gasteiger charge is -2.22. The van der Waals surface area contributed by atoms with Crippen molar-refractivity contribution < 1.29 is 14.2 Å². The van der Waals surface area contributed by atoms with Crippen LogP contribution >= 0.6 is 11.3 Å². The summed E-state index contributed by atoms with van der Waals surface area (Å²) in [6, 6.07) is 11.9. The van der Waals surface area contributed by atoms with Crippen molar-refractivity contribution in [1.82, 2.24) is 10.2 Å². The smallest absolute Gasteiger partial charge is 0.244 e. The third-order valence-corrected chi connectivity index (χ3v) is 5.71. The zero-order valence-electron chi connectivity index (χ0n) is 14.3. The third kappa shape index (κ3) is 2.36. The number of thiophene rings is 1. The third-order valence-electron chi connectivity index (χ3n) is 4.65. The number of rotatable bonds is 2. The molecule has 0 bridgehead atoms. The molecule has 134 valence electrons. The van der Waals surface area contributed by atoms with Crippen LogP contribution < -0.4 is 19.9 Å². The quantitative estimate of drug-likeness (QED) is 0.708. The minimum absolute atomic E-state index is 0.0878. The van der Waals surface area contributed by atoms with Gasteiger partial charge >= 0.3 is 0 Å². The van der Waals surface area contributed by atoms with Crippen LogP contribution in [0.1, 0.15) is 21.2 Å². The molecule has 3 N–H and O–H groups in total. The molecular weight excluding hydrogens is 364 g/mol. The number of nitrogens with one attached hydrogen (secondary N) is 1. The van der Waals surface area contributed by atoms with Crippen LogP contribution in [0.25, 0.3) is 11.3 Å². The number of H-pyrrole nitrogens is 1. The van der Waals surface area contributed by atoms with E-state index < -0.39 is 0 Å². The van der Waals surface area contributed by atoms with Gasteiger partial charge in [-0.05, 0) is 37.3 Å². The Morgan fingerprint density at radius 3 is 2.89 bits per heavy atom. The van der Waals surface area contributed by atoms with E-state index in [0.717, 1.165) is 26.6 Å². The van der Waals surface area contributed by atoms with Gasteiger partial charge in [0.05, 0.1) is 17.2 Å². The first-order chi connectivity index (χ1) is 13.2. The number of ether oxygens (including phenoxy) is 3. The molecule has 2 aromatic heterocycles. The summed E-state index contributed by atoms with van der Waals surface area (Å²) in [5, 5.41) is 17.0. The average molecular weight is 378 g/mol. The predicted molar refractivity (Wildman–Crippen MR) is 98.5 cm³/mol. The van der Waals surface area contributed by atoms with Gasteiger partial charge in [0.1, 0.15) is 11.6 Å². The van der Waals surface area contributed by atoms with Gasteiger partial charge in [0.15, 0.2) is 11.5 Å². The number of benzene rings is 1. The number of hydrogen-bond donors (Lipinski definition) is 2. The largest absolute Gasteiger partial charge is 0.454 e. The van der Waals surface area contributed by atoms with Crippen molar-refractivity contribution in [3.8, 4) is 34.7 Å². The van der Waals surface area contributed by atoms with Gasteiger partial charge in [-0.3, -0.25) is 5.10 Å². The van der Waals surface area contributed by atoms with E-state index in [1.165, 1.54) is 0 Å². The van der Waals surface area contributed by atoms with Gasteiger partial charge < -0.3 is 19.9 Å². The number of aromatic amines is 1. The second kappa shape index (κ2) is 5.79. The summed E-state index contributed by atoms with van der Waals surface area (Å²) < 4.78 is 16.5. The van der Waals surface area contributed by atoms with Gasteiger partial charge in [-0.2, -0.15) is 5.26 Å². The summed E-state index contributed by atoms with van der Waals surface area (Å²) in [5.74, 6) is 1.51. The minimum Gasteiger partial charge on any atom is -0.454 e. The lowest BCUT2D eigenvalue weighted by atomic mass is 9.87. The molecule has 5 rings (SSSR count). The first-order valence-electron chi connectivity index (χ1n) is 8.28. The molecule has 0 saturated heterocycles. The Hall–Kier alpha value is -3.44. The number of nitrogens with two attached hydrogens (primary N) is 1. The molecule has 3 aromatic rings. The van der Waals surface area contributed by atoms with Crippen molar-refractivity contribution in [2.45, 2.75) is 12.8 Å². The number of aromatic nitrogens is 2. The fraction of sp³-hybridized carbons (Fsp3) is 0.158. The number of hydrogen-bond acceptors (Lipinski definition) is 7. The molecule has 7 nitrogen and oxygen atoms in total. The second-order valence-electron chi connectivity index (χ2n) is 6.26. The highest BCUT2D eigenvalue weighted by atomic mass is 32.1. The fourth-order valence-corrected chi connectivity index (χ4v) is 4.41. The van der Waals surface area contributed by atoms with Crippen molar-refractivity contribution in [2.75, 3.05) is 6.79 Å². The number of fused-ring (bicyclic) bond motifs is 2. The molecule has 4 heterocycles. The van der Waals surface area contributed by atoms with Crippen molar-refractivity contribution in [2.24, 2.45) is 5.73 Å². The van der Waals surface area contributed by atoms with E-state index in [2.05, 4.69) is 16.3 Å². The summed E-state index contributed by atoms with van der Waals surface area (Å²) >= 11 is 1.62. The normalized spacial score (nSPS) is 17.4. The molecule has 0 fully saturated rings. The van der Waals surface area contributed by atoms with Gasteiger partial charge in [0.25, 0.3) is 0 Å². The van der Waals surface area contributed by atoms with Crippen molar-refractivity contribution in [3.63, 3.8) is 0 Å². The summed E-state index contributed by atoms with van der Waals surface area (Å²) in [5.41, 5.74) is 8.82. The molecule has 27 heavy (non-hydrogen) atoms. The zero-order valence-corrected chi connectivity index (χ0v) is 15.1. The van der Waals surface area contributed by atoms with Crippen molar-refractivity contribution in [1.29, 1.82) is 5.26 Å². The van der Waals surface area contributed by atoms with Crippen LogP contribution in [-0.2, 0) is 0 Å². The average Bonchev–Trinajstić information content (AvgIpc) is 3.38. The highest BCUT2D eigenvalue weighted by Crippen LogP contribution is 2.48. The van der Waals surface area contributed by atoms with E-state index in [-0.39, 0.29) is 18.6 Å². The van der Waals surface area contributed by atoms with Crippen molar-refractivity contribution >= 4 is 11.3 Å². The summed E-state index contributed by atoms with van der Waals surface area (Å²) in [6.45, 7) is 2.24. The molecule has 8 heteroatoms. The van der Waals surface area contributed by atoms with Gasteiger partial charge in [0, 0.05) is 15.3 Å². The van der Waals surface area contributed by atoms with Gasteiger partial charge in [-0.25, -0.2) is 0 Å². The van der Waals surface area contributed by atoms with Gasteiger partial charge in [-0.15, -0.1) is 16.4 Å². The number of aryl methyl sites for hydroxylation is 1. The van der Waals surface area contributed by atoms with Gasteiger partial charge in [-0.1, -0.05) is 0 Å². The van der Waals surface area contributed by atoms with Crippen LogP contribution in [-0.4, -0.2) is 17.0 Å². The number of nitrogens with zero attached hydrogens (tertiary/aromatic N) is 2. The Bertz CT molecular complexity index is 1140. The van der Waals surface area contributed by atoms with Crippen LogP contribution in [0.5, 0.6) is 17.4 Å². The highest BCUT2D eigenvalue weighted by Gasteiger charge is 2.36. The number of allylic oxidation sites excluding steroid dienone is 1. The summed E-state index contributed by atoms with van der Waals surface area (Å²) in [4.78, 5) is 2.17. The van der Waals surface area contributed by atoms with Crippen LogP contribution in [0.2, 0.25) is 0 Å². The Labute approximate surface area is 158 Å². The molecule has 2 aliphatic heterocycles. The molecule has 1 unspecified atom stereocenters. The molecule has 0 aliphatic carbocycles. The van der Waals surface area contributed by atoms with E-state index >= 15 is 0 Å². The Balaban J connectivity index is 1.70. The topological polar surface area (TPSA) is 106 Å². The lowest BCUT2D eigenvalue weighted by molar-refractivity contribution is 0.174. The lowest BCUT2D eigenvalue weighted by Crippen LogP contribution is -2.20. The summed E-state index contributed by atoms with van der Waals surface area (Å²) in [6.07, 6.45) is 0. The number of nitriles is 1. The molecule has 0 radical (unpaired) electrons. The molecule has 1 atom stereocenters. The first-order valence-corrected chi connectivity index (χ1v) is 9.09. The Morgan fingerprint density at radius 1 is 1.26 bits per heavy atom. The van der Waals surface area contributed by atoms with Gasteiger partial charge in [0.2, 0.25) is 18.6 Å². The molecule has 1 aromatic carbocycles. The maximum atomic E-state index is 9.72. The van der Waals surface area contributed by atoms with E-state index in [4.69, 9.17) is 19.9 Å². The maximum Gasteiger partial charge on any atom is 0.244 e. The van der Waals surface area contributed by atoms with Crippen LogP contribution in [0.3, 0.4) is 0 Å². The maximum absolute atomic E-state index is 9.72. The summed E-state index contributed by atoms with van der Waals surface area (Å²) in [7, 11) is 0. The Kier molecular flexibility index (Phi) is 3.39. The van der Waals surface area contributed by atoms with E-state index in [1.54, 1.807) is 11.3 Å². The SMILES string of the molecule is Cc1ccc(C2C(C#N)=C(N)Oc3n[nH]c(-c4ccc5c(c4)OCO5)c32)s1. The fourth-order valence-electron chi connectivity index (χ4n) is 3.41. The highest BCUT2D eigenvalue weighted by molar-refractivity contribution is 7.12. The minimum atomic E-state index is -0.336. The van der Waals surface area contributed by atoms with Crippen LogP contribution in [0.4, 0.5) is 0 Å². The van der Waals surface area contributed by atoms with E-state index in [9.17, 15) is 5.26 Å². The van der Waals surface area contributed by atoms with Crippen LogP contribution in [0, 0.1) is 18.3 Å². The molecule has 0 amide bonds. The monoisotopic (exact) mass is 378 g/mol. The first kappa shape index (κ1) is 15.8. The zero-order chi connectivity index (χ0) is 18.5. The second-order valence-corrected chi connectivity index (χ2v) is 7.58. The Morgan fingerprint density at radius 2 is 2.11 bits per heavy atom. The van der Waals surface area contributed by atoms with E-state index in [1.807, 2.05) is 37.3 Å². The van der Waals surface area contributed by atoms with Crippen molar-refractivity contribution in [3.05, 3.63) is 57.1 Å². The molecule has 0 saturated carbocycles. The predicted octanol–water partition coefficient (Wildman–Crippen LogP) is 3.39. The molecule has 2 aliphatic rings. The van der Waals surface area contributed by atoms with Crippen LogP contribution in [0.15, 0.2) is 41.8 Å². The molecular formula is C19H14N4O3S. The van der Waals surface area contributed by atoms with E-state index in [0.29, 0.717) is 23.0 Å². The molecule has 0 spiro atoms. The standard InChI is InChI=1S/C19H14N4O3S/c1-9-2-5-14(27-9)15-11(7-20)18(21)26-19-16(15)17(22-23-19)10-3-4-12-13(6-10)25-8-24-12/h2-6,15H,8,21H2,1H3,(H,22,23).